The molecule has 2 aliphatic heterocycles. The number of hydrogen-bond donors (Lipinski definition) is 2. The van der Waals surface area contributed by atoms with Crippen molar-refractivity contribution in [2.24, 2.45) is 4.99 Å². The molecule has 2 N–H and O–H groups in total. The van der Waals surface area contributed by atoms with Gasteiger partial charge in [-0.3, -0.25) is 14.2 Å². The summed E-state index contributed by atoms with van der Waals surface area (Å²) in [6, 6.07) is 3.42. The van der Waals surface area contributed by atoms with Gasteiger partial charge >= 0.3 is 5.97 Å². The van der Waals surface area contributed by atoms with Crippen LogP contribution in [0.4, 0.5) is 0 Å². The molecule has 1 amide bonds. The van der Waals surface area contributed by atoms with Crippen molar-refractivity contribution in [2.45, 2.75) is 13.0 Å². The normalized spacial score (nSPS) is 16.3. The smallest absolute Gasteiger partial charge is 0.305 e. The highest BCUT2D eigenvalue weighted by molar-refractivity contribution is 7.73. The van der Waals surface area contributed by atoms with Crippen molar-refractivity contribution in [3.05, 3.63) is 37.1 Å². The van der Waals surface area contributed by atoms with E-state index in [4.69, 9.17) is 26.8 Å². The van der Waals surface area contributed by atoms with Crippen molar-refractivity contribution in [1.82, 2.24) is 4.57 Å². The van der Waals surface area contributed by atoms with Gasteiger partial charge in [0.05, 0.1) is 16.7 Å². The zero-order valence-corrected chi connectivity index (χ0v) is 16.0. The molecule has 1 aromatic carbocycles. The highest BCUT2D eigenvalue weighted by Gasteiger charge is 2.18. The first kappa shape index (κ1) is 18.4. The predicted molar refractivity (Wildman–Crippen MR) is 103 cm³/mol. The Kier molecular flexibility index (Phi) is 4.73. The molecule has 28 heavy (non-hydrogen) atoms. The fourth-order valence-corrected chi connectivity index (χ4v) is 4.18. The molecule has 0 saturated heterocycles. The molecule has 0 spiro atoms. The van der Waals surface area contributed by atoms with E-state index in [1.165, 1.54) is 10.6 Å². The number of fused-ring (bicyclic) bond motifs is 2. The molecule has 10 heteroatoms. The van der Waals surface area contributed by atoms with Crippen LogP contribution in [0.3, 0.4) is 0 Å². The number of benzene rings is 1. The van der Waals surface area contributed by atoms with Gasteiger partial charge in [0.25, 0.3) is 5.91 Å². The summed E-state index contributed by atoms with van der Waals surface area (Å²) in [7, 11) is 0. The number of carboxylic acid groups (broad SMARTS) is 1. The van der Waals surface area contributed by atoms with Crippen LogP contribution in [0.25, 0.3) is 12.2 Å². The Hall–Kier alpha value is -2.98. The van der Waals surface area contributed by atoms with Crippen LogP contribution in [0.1, 0.15) is 11.3 Å². The summed E-state index contributed by atoms with van der Waals surface area (Å²) < 4.78 is 12.7. The zero-order valence-electron chi connectivity index (χ0n) is 14.4. The standard InChI is InChI=1S/C18H14N2O6S2/c21-15(22)1-2-20-17(24)14(28-18(20)27)7-10-5-9-6-12-13(26-4-3-25-12)8-11(9)19-16(10)23/h5-8,24H,1-4H2,(H,21,22). The van der Waals surface area contributed by atoms with Gasteiger partial charge in [0.15, 0.2) is 15.5 Å². The van der Waals surface area contributed by atoms with E-state index < -0.39 is 11.9 Å². The van der Waals surface area contributed by atoms with E-state index in [1.54, 1.807) is 18.2 Å². The highest BCUT2D eigenvalue weighted by Crippen LogP contribution is 2.30. The molecule has 0 radical (unpaired) electrons. The average molecular weight is 418 g/mol. The molecule has 3 heterocycles. The predicted octanol–water partition coefficient (Wildman–Crippen LogP) is 1.25. The Morgan fingerprint density at radius 2 is 2.04 bits per heavy atom. The molecule has 8 nitrogen and oxygen atoms in total. The second-order valence-electron chi connectivity index (χ2n) is 6.07. The summed E-state index contributed by atoms with van der Waals surface area (Å²) in [6.45, 7) is 0.942. The van der Waals surface area contributed by atoms with E-state index in [0.717, 1.165) is 11.3 Å². The van der Waals surface area contributed by atoms with E-state index in [1.807, 2.05) is 0 Å². The zero-order chi connectivity index (χ0) is 19.8. The summed E-state index contributed by atoms with van der Waals surface area (Å²) in [5.41, 5.74) is 0.279. The molecule has 2 aliphatic rings. The average Bonchev–Trinajstić information content (AvgIpc) is 2.92. The molecule has 144 valence electrons. The number of aromatic hydroxyl groups is 1. The molecular formula is C18H14N2O6S2. The molecule has 0 atom stereocenters. The van der Waals surface area contributed by atoms with Gasteiger partial charge < -0.3 is 19.7 Å². The quantitative estimate of drug-likeness (QED) is 0.568. The van der Waals surface area contributed by atoms with E-state index in [-0.39, 0.29) is 24.4 Å². The minimum absolute atomic E-state index is 0.0496. The van der Waals surface area contributed by atoms with Crippen LogP contribution in [0.15, 0.2) is 22.7 Å². The number of aromatic nitrogens is 1. The first-order chi connectivity index (χ1) is 13.4. The van der Waals surface area contributed by atoms with E-state index >= 15 is 0 Å². The maximum atomic E-state index is 12.4. The third-order valence-corrected chi connectivity index (χ3v) is 5.59. The Balaban J connectivity index is 1.74. The number of nitrogens with zero attached hydrogens (tertiary/aromatic N) is 2. The lowest BCUT2D eigenvalue weighted by atomic mass is 10.1. The van der Waals surface area contributed by atoms with Gasteiger partial charge in [-0.1, -0.05) is 0 Å². The molecule has 0 aliphatic carbocycles. The molecule has 0 bridgehead atoms. The van der Waals surface area contributed by atoms with Crippen molar-refractivity contribution in [3.8, 4) is 17.4 Å². The van der Waals surface area contributed by atoms with Gasteiger partial charge in [0.1, 0.15) is 13.2 Å². The Morgan fingerprint density at radius 3 is 2.75 bits per heavy atom. The molecule has 0 unspecified atom stereocenters. The Labute approximate surface area is 167 Å². The van der Waals surface area contributed by atoms with Crippen LogP contribution in [-0.4, -0.2) is 39.9 Å². The van der Waals surface area contributed by atoms with Crippen LogP contribution in [-0.2, 0) is 16.1 Å². The third kappa shape index (κ3) is 3.43. The van der Waals surface area contributed by atoms with Gasteiger partial charge in [-0.25, -0.2) is 4.99 Å². The minimum Gasteiger partial charge on any atom is -0.493 e. The van der Waals surface area contributed by atoms with Crippen molar-refractivity contribution in [2.75, 3.05) is 13.2 Å². The second kappa shape index (κ2) is 7.21. The summed E-state index contributed by atoms with van der Waals surface area (Å²) in [5, 5.41) is 20.4. The first-order valence-corrected chi connectivity index (χ1v) is 9.55. The topological polar surface area (TPSA) is 110 Å². The lowest BCUT2D eigenvalue weighted by Crippen LogP contribution is -2.32. The fraction of sp³-hybridized carbons (Fsp3) is 0.222. The van der Waals surface area contributed by atoms with Crippen molar-refractivity contribution in [3.63, 3.8) is 0 Å². The number of aliphatic carboxylic acids is 1. The maximum Gasteiger partial charge on any atom is 0.305 e. The van der Waals surface area contributed by atoms with Gasteiger partial charge in [-0.2, -0.15) is 0 Å². The van der Waals surface area contributed by atoms with Gasteiger partial charge in [0.2, 0.25) is 5.88 Å². The van der Waals surface area contributed by atoms with Crippen molar-refractivity contribution >= 4 is 47.6 Å². The molecular weight excluding hydrogens is 404 g/mol. The molecule has 4 rings (SSSR count). The van der Waals surface area contributed by atoms with Crippen LogP contribution < -0.4 is 20.0 Å². The van der Waals surface area contributed by atoms with Gasteiger partial charge in [-0.15, -0.1) is 11.3 Å². The highest BCUT2D eigenvalue weighted by atomic mass is 32.1. The number of carbonyl (C=O) groups is 2. The van der Waals surface area contributed by atoms with Crippen LogP contribution in [0.5, 0.6) is 17.4 Å². The van der Waals surface area contributed by atoms with E-state index in [2.05, 4.69) is 4.99 Å². The van der Waals surface area contributed by atoms with E-state index in [9.17, 15) is 14.7 Å². The lowest BCUT2D eigenvalue weighted by Gasteiger charge is -2.18. The number of rotatable bonds is 4. The minimum atomic E-state index is -0.992. The first-order valence-electron chi connectivity index (χ1n) is 8.33. The molecule has 0 fully saturated rings. The Morgan fingerprint density at radius 1 is 1.32 bits per heavy atom. The largest absolute Gasteiger partial charge is 0.493 e. The third-order valence-electron chi connectivity index (χ3n) is 4.20. The monoisotopic (exact) mass is 418 g/mol. The van der Waals surface area contributed by atoms with Crippen LogP contribution >= 0.6 is 23.6 Å². The number of amides is 1. The molecule has 2 aromatic rings. The van der Waals surface area contributed by atoms with Crippen LogP contribution in [0, 0.1) is 3.95 Å². The summed E-state index contributed by atoms with van der Waals surface area (Å²) >= 11 is 6.28. The van der Waals surface area contributed by atoms with Crippen LogP contribution in [0.2, 0.25) is 0 Å². The maximum absolute atomic E-state index is 12.4. The fourth-order valence-electron chi connectivity index (χ4n) is 2.87. The number of carbonyl (C=O) groups excluding carboxylic acids is 1. The van der Waals surface area contributed by atoms with Crippen molar-refractivity contribution in [1.29, 1.82) is 0 Å². The number of thiazole rings is 1. The van der Waals surface area contributed by atoms with E-state index in [0.29, 0.717) is 44.1 Å². The Bertz CT molecular complexity index is 1210. The number of hydrogen-bond acceptors (Lipinski definition) is 7. The molecule has 1 aromatic heterocycles. The van der Waals surface area contributed by atoms with Gasteiger partial charge in [-0.05, 0) is 30.4 Å². The van der Waals surface area contributed by atoms with Gasteiger partial charge in [0, 0.05) is 23.4 Å². The molecule has 0 saturated carbocycles. The summed E-state index contributed by atoms with van der Waals surface area (Å²) in [6.07, 6.45) is 2.99. The second-order valence-corrected chi connectivity index (χ2v) is 7.74. The number of carboxylic acids is 1. The summed E-state index contributed by atoms with van der Waals surface area (Å²) in [5.74, 6) is -0.483. The van der Waals surface area contributed by atoms with Crippen molar-refractivity contribution < 1.29 is 29.3 Å². The lowest BCUT2D eigenvalue weighted by molar-refractivity contribution is -0.137. The number of ether oxygens (including phenoxy) is 2. The SMILES string of the molecule is O=C(O)CCn1c(O)c(C=C2C=c3cc4c(cc3=NC2=O)OCCO4)sc1=S. The summed E-state index contributed by atoms with van der Waals surface area (Å²) in [4.78, 5) is 27.6.